The number of nitrogens with zero attached hydrogens (tertiary/aromatic N) is 2. The van der Waals surface area contributed by atoms with Gasteiger partial charge in [0.15, 0.2) is 5.58 Å². The van der Waals surface area contributed by atoms with Crippen molar-refractivity contribution in [3.05, 3.63) is 132 Å². The number of hydrogen-bond acceptors (Lipinski definition) is 4. The maximum Gasteiger partial charge on any atom is 0.335 e. The molecule has 0 saturated carbocycles. The predicted molar refractivity (Wildman–Crippen MR) is 202 cm³/mol. The van der Waals surface area contributed by atoms with Gasteiger partial charge in [0.1, 0.15) is 5.52 Å². The van der Waals surface area contributed by atoms with E-state index in [1.54, 1.807) is 12.1 Å². The van der Waals surface area contributed by atoms with Crippen molar-refractivity contribution in [2.45, 2.75) is 78.1 Å². The quantitative estimate of drug-likeness (QED) is 0.106. The van der Waals surface area contributed by atoms with E-state index >= 15 is 0 Å². The molecule has 1 N–H and O–H groups in total. The van der Waals surface area contributed by atoms with Crippen LogP contribution in [0, 0.1) is 0 Å². The molecule has 0 amide bonds. The Bertz CT molecular complexity index is 1880. The van der Waals surface area contributed by atoms with Crippen molar-refractivity contribution < 1.29 is 14.3 Å². The third kappa shape index (κ3) is 8.47. The van der Waals surface area contributed by atoms with Gasteiger partial charge in [-0.25, -0.2) is 9.78 Å². The highest BCUT2D eigenvalue weighted by molar-refractivity contribution is 5.92. The van der Waals surface area contributed by atoms with Crippen molar-refractivity contribution in [1.82, 2.24) is 4.98 Å². The molecular formula is C44H46N2O3. The van der Waals surface area contributed by atoms with Crippen LogP contribution >= 0.6 is 0 Å². The average molecular weight is 651 g/mol. The van der Waals surface area contributed by atoms with Gasteiger partial charge >= 0.3 is 5.97 Å². The number of unbranched alkanes of at least 4 members (excludes halogenated alkanes) is 6. The summed E-state index contributed by atoms with van der Waals surface area (Å²) in [6.07, 6.45) is 12.4. The summed E-state index contributed by atoms with van der Waals surface area (Å²) in [6, 6.07) is 39.8. The Morgan fingerprint density at radius 1 is 0.592 bits per heavy atom. The first-order valence-corrected chi connectivity index (χ1v) is 17.8. The molecule has 6 aromatic rings. The summed E-state index contributed by atoms with van der Waals surface area (Å²) in [4.78, 5) is 18.3. The van der Waals surface area contributed by atoms with Gasteiger partial charge < -0.3 is 14.4 Å². The summed E-state index contributed by atoms with van der Waals surface area (Å²) in [6.45, 7) is 4.52. The number of oxazole rings is 1. The molecule has 0 aliphatic rings. The van der Waals surface area contributed by atoms with Crippen LogP contribution in [0.1, 0.15) is 86.7 Å². The van der Waals surface area contributed by atoms with Gasteiger partial charge in [0, 0.05) is 22.6 Å². The van der Waals surface area contributed by atoms with E-state index in [4.69, 9.17) is 4.42 Å². The first-order valence-electron chi connectivity index (χ1n) is 17.8. The summed E-state index contributed by atoms with van der Waals surface area (Å²) in [7, 11) is 0. The molecule has 0 fully saturated rings. The highest BCUT2D eigenvalue weighted by Crippen LogP contribution is 2.36. The summed E-state index contributed by atoms with van der Waals surface area (Å²) in [5.74, 6) is -0.524. The van der Waals surface area contributed by atoms with Gasteiger partial charge in [-0.15, -0.1) is 0 Å². The van der Waals surface area contributed by atoms with E-state index in [1.165, 1.54) is 68.6 Å². The minimum atomic E-state index is -0.990. The molecule has 5 heteroatoms. The van der Waals surface area contributed by atoms with Crippen LogP contribution in [-0.4, -0.2) is 16.1 Å². The minimum absolute atomic E-state index is 0.178. The molecule has 5 nitrogen and oxygen atoms in total. The van der Waals surface area contributed by atoms with E-state index in [9.17, 15) is 9.90 Å². The lowest BCUT2D eigenvalue weighted by Gasteiger charge is -2.26. The predicted octanol–water partition coefficient (Wildman–Crippen LogP) is 12.6. The van der Waals surface area contributed by atoms with Crippen molar-refractivity contribution in [3.63, 3.8) is 0 Å². The van der Waals surface area contributed by atoms with Crippen molar-refractivity contribution in [2.24, 2.45) is 0 Å². The van der Waals surface area contributed by atoms with Crippen molar-refractivity contribution >= 4 is 34.1 Å². The molecule has 0 atom stereocenters. The van der Waals surface area contributed by atoms with E-state index in [0.717, 1.165) is 46.6 Å². The third-order valence-electron chi connectivity index (χ3n) is 9.25. The molecule has 1 aromatic heterocycles. The lowest BCUT2D eigenvalue weighted by molar-refractivity contribution is 0.0697. The van der Waals surface area contributed by atoms with Crippen LogP contribution < -0.4 is 4.90 Å². The SMILES string of the molecule is CCCCCCc1ccc(N(c2ccc(CCCCCC)cc2)c2ccc(-c3ccc(-c4nc5ccc(C(=O)O)cc5o4)cc3)cc2)cc1. The Morgan fingerprint density at radius 3 is 1.55 bits per heavy atom. The number of aryl methyl sites for hydroxylation is 2. The molecule has 250 valence electrons. The number of carboxylic acid groups (broad SMARTS) is 1. The second kappa shape index (κ2) is 16.3. The summed E-state index contributed by atoms with van der Waals surface area (Å²) < 4.78 is 5.91. The maximum atomic E-state index is 11.4. The Balaban J connectivity index is 1.22. The number of aromatic nitrogens is 1. The van der Waals surface area contributed by atoms with Crippen LogP contribution in [-0.2, 0) is 12.8 Å². The van der Waals surface area contributed by atoms with E-state index in [2.05, 4.69) is 109 Å². The molecule has 0 aliphatic carbocycles. The second-order valence-electron chi connectivity index (χ2n) is 12.9. The van der Waals surface area contributed by atoms with Gasteiger partial charge in [-0.05, 0) is 115 Å². The Kier molecular flexibility index (Phi) is 11.2. The highest BCUT2D eigenvalue weighted by Gasteiger charge is 2.15. The summed E-state index contributed by atoms with van der Waals surface area (Å²) in [5.41, 5.74) is 10.5. The highest BCUT2D eigenvalue weighted by atomic mass is 16.4. The van der Waals surface area contributed by atoms with Gasteiger partial charge in [0.2, 0.25) is 5.89 Å². The van der Waals surface area contributed by atoms with Crippen LogP contribution in [0.2, 0.25) is 0 Å². The van der Waals surface area contributed by atoms with Crippen molar-refractivity contribution in [3.8, 4) is 22.6 Å². The minimum Gasteiger partial charge on any atom is -0.478 e. The standard InChI is InChI=1S/C44H46N2O3/c1-3-5-7-9-11-32-13-24-38(25-14-32)46(39-26-15-33(16-27-39)12-10-8-6-4-2)40-28-21-35(22-29-40)34-17-19-36(20-18-34)43-45-41-30-23-37(44(47)48)31-42(41)49-43/h13-31H,3-12H2,1-2H3,(H,47,48). The number of benzene rings is 5. The monoisotopic (exact) mass is 650 g/mol. The van der Waals surface area contributed by atoms with E-state index < -0.39 is 5.97 Å². The molecule has 0 bridgehead atoms. The topological polar surface area (TPSA) is 66.6 Å². The van der Waals surface area contributed by atoms with Crippen molar-refractivity contribution in [1.29, 1.82) is 0 Å². The first kappa shape index (κ1) is 33.7. The van der Waals surface area contributed by atoms with Crippen LogP contribution in [0.3, 0.4) is 0 Å². The van der Waals surface area contributed by atoms with Gasteiger partial charge in [0.25, 0.3) is 0 Å². The summed E-state index contributed by atoms with van der Waals surface area (Å²) in [5, 5.41) is 9.31. The van der Waals surface area contributed by atoms with Crippen molar-refractivity contribution in [2.75, 3.05) is 4.90 Å². The molecule has 0 unspecified atom stereocenters. The Hall–Kier alpha value is -5.16. The molecule has 49 heavy (non-hydrogen) atoms. The first-order chi connectivity index (χ1) is 24.0. The molecule has 0 spiro atoms. The second-order valence-corrected chi connectivity index (χ2v) is 12.9. The van der Waals surface area contributed by atoms with Crippen LogP contribution in [0.25, 0.3) is 33.7 Å². The molecule has 0 radical (unpaired) electrons. The van der Waals surface area contributed by atoms with E-state index in [1.807, 2.05) is 12.1 Å². The summed E-state index contributed by atoms with van der Waals surface area (Å²) >= 11 is 0. The van der Waals surface area contributed by atoms with Crippen LogP contribution in [0.4, 0.5) is 17.1 Å². The number of anilines is 3. The van der Waals surface area contributed by atoms with Gasteiger partial charge in [0.05, 0.1) is 5.56 Å². The zero-order chi connectivity index (χ0) is 34.0. The number of rotatable bonds is 16. The number of carboxylic acids is 1. The van der Waals surface area contributed by atoms with E-state index in [-0.39, 0.29) is 5.56 Å². The van der Waals surface area contributed by atoms with Gasteiger partial charge in [-0.1, -0.05) is 101 Å². The molecular weight excluding hydrogens is 604 g/mol. The number of hydrogen-bond donors (Lipinski definition) is 1. The van der Waals surface area contributed by atoms with E-state index in [0.29, 0.717) is 17.0 Å². The largest absolute Gasteiger partial charge is 0.478 e. The molecule has 0 saturated heterocycles. The Labute approximate surface area is 290 Å². The normalized spacial score (nSPS) is 11.2. The number of aromatic carboxylic acids is 1. The Morgan fingerprint density at radius 2 is 1.06 bits per heavy atom. The fourth-order valence-electron chi connectivity index (χ4n) is 6.37. The lowest BCUT2D eigenvalue weighted by Crippen LogP contribution is -2.10. The van der Waals surface area contributed by atoms with Gasteiger partial charge in [-0.3, -0.25) is 0 Å². The number of carbonyl (C=O) groups is 1. The molecule has 1 heterocycles. The zero-order valence-electron chi connectivity index (χ0n) is 28.7. The zero-order valence-corrected chi connectivity index (χ0v) is 28.7. The maximum absolute atomic E-state index is 11.4. The lowest BCUT2D eigenvalue weighted by atomic mass is 10.0. The molecule has 6 rings (SSSR count). The van der Waals surface area contributed by atoms with Crippen LogP contribution in [0.15, 0.2) is 120 Å². The fraction of sp³-hybridized carbons (Fsp3) is 0.273. The fourth-order valence-corrected chi connectivity index (χ4v) is 6.37. The average Bonchev–Trinajstić information content (AvgIpc) is 3.57. The smallest absolute Gasteiger partial charge is 0.335 e. The third-order valence-corrected chi connectivity index (χ3v) is 9.25. The van der Waals surface area contributed by atoms with Gasteiger partial charge in [-0.2, -0.15) is 0 Å². The number of fused-ring (bicyclic) bond motifs is 1. The molecule has 0 aliphatic heterocycles. The molecule has 5 aromatic carbocycles. The van der Waals surface area contributed by atoms with Crippen LogP contribution in [0.5, 0.6) is 0 Å².